The third-order valence-electron chi connectivity index (χ3n) is 2.63. The van der Waals surface area contributed by atoms with Crippen LogP contribution < -0.4 is 16.8 Å². The Kier molecular flexibility index (Phi) is 5.69. The Hall–Kier alpha value is -2.12. The van der Waals surface area contributed by atoms with E-state index in [1.165, 1.54) is 23.1 Å². The quantitative estimate of drug-likeness (QED) is 0.718. The number of nitrogens with two attached hydrogens (primary N) is 2. The van der Waals surface area contributed by atoms with E-state index < -0.39 is 17.9 Å². The zero-order valence-corrected chi connectivity index (χ0v) is 12.5. The number of halogens is 1. The van der Waals surface area contributed by atoms with E-state index in [2.05, 4.69) is 5.32 Å². The van der Waals surface area contributed by atoms with E-state index in [4.69, 9.17) is 23.1 Å². The molecule has 1 aromatic rings. The Morgan fingerprint density at radius 2 is 1.95 bits per heavy atom. The third-order valence-corrected chi connectivity index (χ3v) is 2.96. The van der Waals surface area contributed by atoms with Crippen LogP contribution in [0.3, 0.4) is 0 Å². The molecule has 0 aliphatic heterocycles. The number of anilines is 1. The first-order chi connectivity index (χ1) is 9.72. The second kappa shape index (κ2) is 7.05. The maximum atomic E-state index is 11.9. The number of carbonyl (C=O) groups is 3. The molecule has 3 amide bonds. The van der Waals surface area contributed by atoms with Crippen molar-refractivity contribution < 1.29 is 14.4 Å². The third kappa shape index (κ3) is 4.73. The van der Waals surface area contributed by atoms with Gasteiger partial charge >= 0.3 is 0 Å². The number of benzene rings is 1. The second-order valence-corrected chi connectivity index (χ2v) is 5.07. The molecule has 0 radical (unpaired) electrons. The van der Waals surface area contributed by atoms with Gasteiger partial charge in [-0.3, -0.25) is 14.4 Å². The van der Waals surface area contributed by atoms with Crippen LogP contribution in [0.25, 0.3) is 0 Å². The predicted octanol–water partition coefficient (Wildman–Crippen LogP) is 0.183. The summed E-state index contributed by atoms with van der Waals surface area (Å²) in [6.45, 7) is 0. The molecule has 8 heteroatoms. The van der Waals surface area contributed by atoms with Crippen LogP contribution in [0.4, 0.5) is 5.69 Å². The minimum atomic E-state index is -1.05. The van der Waals surface area contributed by atoms with Gasteiger partial charge in [0.1, 0.15) is 0 Å². The first-order valence-electron chi connectivity index (χ1n) is 6.08. The average Bonchev–Trinajstić information content (AvgIpc) is 2.39. The van der Waals surface area contributed by atoms with E-state index in [0.717, 1.165) is 0 Å². The van der Waals surface area contributed by atoms with Gasteiger partial charge in [0.2, 0.25) is 11.8 Å². The number of rotatable bonds is 5. The number of hydrogen-bond donors (Lipinski definition) is 3. The molecule has 0 aliphatic carbocycles. The maximum absolute atomic E-state index is 11.9. The molecule has 0 aromatic heterocycles. The number of nitrogens with one attached hydrogen (secondary N) is 1. The van der Waals surface area contributed by atoms with Crippen molar-refractivity contribution in [3.63, 3.8) is 0 Å². The van der Waals surface area contributed by atoms with Crippen molar-refractivity contribution in [1.29, 1.82) is 0 Å². The molecule has 1 aromatic carbocycles. The van der Waals surface area contributed by atoms with E-state index in [1.54, 1.807) is 14.1 Å². The van der Waals surface area contributed by atoms with Gasteiger partial charge in [-0.1, -0.05) is 11.6 Å². The van der Waals surface area contributed by atoms with Gasteiger partial charge in [0, 0.05) is 19.8 Å². The molecular weight excluding hydrogens is 296 g/mol. The van der Waals surface area contributed by atoms with Crippen LogP contribution in [0.5, 0.6) is 0 Å². The summed E-state index contributed by atoms with van der Waals surface area (Å²) < 4.78 is 0. The molecule has 0 heterocycles. The fraction of sp³-hybridized carbons (Fsp3) is 0.308. The molecule has 0 fully saturated rings. The van der Waals surface area contributed by atoms with Crippen molar-refractivity contribution in [3.8, 4) is 0 Å². The second-order valence-electron chi connectivity index (χ2n) is 4.66. The lowest BCUT2D eigenvalue weighted by atomic mass is 10.1. The molecule has 114 valence electrons. The van der Waals surface area contributed by atoms with Crippen LogP contribution in [0, 0.1) is 0 Å². The van der Waals surface area contributed by atoms with Gasteiger partial charge in [0.05, 0.1) is 23.0 Å². The summed E-state index contributed by atoms with van der Waals surface area (Å²) in [5.74, 6) is -1.53. The van der Waals surface area contributed by atoms with Crippen LogP contribution in [0.2, 0.25) is 5.02 Å². The van der Waals surface area contributed by atoms with Crippen LogP contribution in [-0.4, -0.2) is 42.8 Å². The highest BCUT2D eigenvalue weighted by atomic mass is 35.5. The maximum Gasteiger partial charge on any atom is 0.254 e. The molecule has 1 atom stereocenters. The predicted molar refractivity (Wildman–Crippen MR) is 79.9 cm³/mol. The number of amides is 3. The molecule has 21 heavy (non-hydrogen) atoms. The van der Waals surface area contributed by atoms with Crippen molar-refractivity contribution in [1.82, 2.24) is 4.90 Å². The fourth-order valence-electron chi connectivity index (χ4n) is 1.55. The summed E-state index contributed by atoms with van der Waals surface area (Å²) in [6.07, 6.45) is -0.261. The van der Waals surface area contributed by atoms with Crippen molar-refractivity contribution in [2.75, 3.05) is 19.4 Å². The summed E-state index contributed by atoms with van der Waals surface area (Å²) in [7, 11) is 3.18. The molecule has 1 unspecified atom stereocenters. The number of primary amides is 1. The van der Waals surface area contributed by atoms with Gasteiger partial charge < -0.3 is 21.7 Å². The molecular formula is C13H17ClN4O3. The van der Waals surface area contributed by atoms with Crippen LogP contribution in [-0.2, 0) is 9.59 Å². The van der Waals surface area contributed by atoms with Crippen LogP contribution >= 0.6 is 11.6 Å². The van der Waals surface area contributed by atoms with Gasteiger partial charge in [0.25, 0.3) is 5.91 Å². The zero-order valence-electron chi connectivity index (χ0n) is 11.7. The standard InChI is InChI=1S/C13H17ClN4O3/c1-18(2)13(21)8-5-7(3-4-9(8)14)17-12(20)10(15)6-11(16)19/h3-5,10H,6,15H2,1-2H3,(H2,16,19)(H,17,20). The highest BCUT2D eigenvalue weighted by Gasteiger charge is 2.18. The molecule has 0 bridgehead atoms. The van der Waals surface area contributed by atoms with E-state index in [-0.39, 0.29) is 22.9 Å². The van der Waals surface area contributed by atoms with E-state index in [1.807, 2.05) is 0 Å². The van der Waals surface area contributed by atoms with Crippen LogP contribution in [0.1, 0.15) is 16.8 Å². The first kappa shape index (κ1) is 16.9. The highest BCUT2D eigenvalue weighted by Crippen LogP contribution is 2.21. The molecule has 0 saturated heterocycles. The van der Waals surface area contributed by atoms with Gasteiger partial charge in [-0.25, -0.2) is 0 Å². The highest BCUT2D eigenvalue weighted by molar-refractivity contribution is 6.34. The molecule has 5 N–H and O–H groups in total. The Labute approximate surface area is 127 Å². The van der Waals surface area contributed by atoms with E-state index >= 15 is 0 Å². The normalized spacial score (nSPS) is 11.6. The van der Waals surface area contributed by atoms with Crippen molar-refractivity contribution >= 4 is 35.0 Å². The smallest absolute Gasteiger partial charge is 0.254 e. The number of carbonyl (C=O) groups excluding carboxylic acids is 3. The SMILES string of the molecule is CN(C)C(=O)c1cc(NC(=O)C(N)CC(N)=O)ccc1Cl. The average molecular weight is 313 g/mol. The summed E-state index contributed by atoms with van der Waals surface area (Å²) in [6, 6.07) is 3.42. The fourth-order valence-corrected chi connectivity index (χ4v) is 1.75. The number of nitrogens with zero attached hydrogens (tertiary/aromatic N) is 1. The summed E-state index contributed by atoms with van der Waals surface area (Å²) in [5, 5.41) is 2.78. The van der Waals surface area contributed by atoms with Gasteiger partial charge in [-0.05, 0) is 18.2 Å². The Balaban J connectivity index is 2.90. The topological polar surface area (TPSA) is 119 Å². The monoisotopic (exact) mass is 312 g/mol. The van der Waals surface area contributed by atoms with Crippen LogP contribution in [0.15, 0.2) is 18.2 Å². The van der Waals surface area contributed by atoms with Gasteiger partial charge in [0.15, 0.2) is 0 Å². The first-order valence-corrected chi connectivity index (χ1v) is 6.46. The Bertz CT molecular complexity index is 575. The molecule has 0 saturated carbocycles. The van der Waals surface area contributed by atoms with E-state index in [0.29, 0.717) is 5.69 Å². The number of hydrogen-bond acceptors (Lipinski definition) is 4. The Morgan fingerprint density at radius 1 is 1.33 bits per heavy atom. The molecule has 0 aliphatic rings. The Morgan fingerprint density at radius 3 is 2.48 bits per heavy atom. The lowest BCUT2D eigenvalue weighted by Crippen LogP contribution is -2.39. The lowest BCUT2D eigenvalue weighted by molar-refractivity contribution is -0.123. The molecule has 7 nitrogen and oxygen atoms in total. The summed E-state index contributed by atoms with van der Waals surface area (Å²) in [5.41, 5.74) is 11.1. The summed E-state index contributed by atoms with van der Waals surface area (Å²) in [4.78, 5) is 35.8. The molecule has 1 rings (SSSR count). The molecule has 0 spiro atoms. The van der Waals surface area contributed by atoms with Crippen molar-refractivity contribution in [2.45, 2.75) is 12.5 Å². The minimum Gasteiger partial charge on any atom is -0.370 e. The zero-order chi connectivity index (χ0) is 16.2. The lowest BCUT2D eigenvalue weighted by Gasteiger charge is -2.14. The van der Waals surface area contributed by atoms with Gasteiger partial charge in [-0.2, -0.15) is 0 Å². The largest absolute Gasteiger partial charge is 0.370 e. The van der Waals surface area contributed by atoms with Crippen molar-refractivity contribution in [3.05, 3.63) is 28.8 Å². The van der Waals surface area contributed by atoms with Crippen molar-refractivity contribution in [2.24, 2.45) is 11.5 Å². The summed E-state index contributed by atoms with van der Waals surface area (Å²) >= 11 is 5.96. The van der Waals surface area contributed by atoms with E-state index in [9.17, 15) is 14.4 Å². The van der Waals surface area contributed by atoms with Gasteiger partial charge in [-0.15, -0.1) is 0 Å². The minimum absolute atomic E-state index is 0.253.